The van der Waals surface area contributed by atoms with Gasteiger partial charge in [-0.25, -0.2) is 0 Å². The van der Waals surface area contributed by atoms with Crippen LogP contribution >= 0.6 is 27.5 Å². The van der Waals surface area contributed by atoms with Crippen molar-refractivity contribution in [1.82, 2.24) is 5.32 Å². The van der Waals surface area contributed by atoms with E-state index in [1.54, 1.807) is 6.07 Å². The third-order valence-electron chi connectivity index (χ3n) is 2.20. The number of carbonyl (C=O) groups is 1. The van der Waals surface area contributed by atoms with E-state index >= 15 is 0 Å². The number of alkyl halides is 1. The highest BCUT2D eigenvalue weighted by atomic mass is 79.9. The minimum atomic E-state index is -0.0887. The fraction of sp³-hybridized carbons (Fsp3) is 0.417. The van der Waals surface area contributed by atoms with Crippen LogP contribution in [-0.2, 0) is 0 Å². The molecule has 0 aliphatic rings. The van der Waals surface area contributed by atoms with Gasteiger partial charge in [0.25, 0.3) is 5.91 Å². The van der Waals surface area contributed by atoms with Crippen LogP contribution in [0.15, 0.2) is 28.7 Å². The Hall–Kier alpha value is -0.540. The first kappa shape index (κ1) is 13.5. The predicted molar refractivity (Wildman–Crippen MR) is 71.0 cm³/mol. The summed E-state index contributed by atoms with van der Waals surface area (Å²) in [6, 6.07) is 7.34. The molecule has 0 aromatic heterocycles. The van der Waals surface area contributed by atoms with Gasteiger partial charge in [0.2, 0.25) is 0 Å². The van der Waals surface area contributed by atoms with Gasteiger partial charge in [-0.15, -0.1) is 11.6 Å². The Kier molecular flexibility index (Phi) is 5.85. The molecule has 1 N–H and O–H groups in total. The Morgan fingerprint density at radius 1 is 1.50 bits per heavy atom. The number of amides is 1. The Balaban J connectivity index is 2.50. The summed E-state index contributed by atoms with van der Waals surface area (Å²) in [4.78, 5) is 11.8. The average molecular weight is 305 g/mol. The van der Waals surface area contributed by atoms with Crippen molar-refractivity contribution >= 4 is 33.4 Å². The third kappa shape index (κ3) is 4.14. The van der Waals surface area contributed by atoms with Gasteiger partial charge in [-0.05, 0) is 34.5 Å². The number of halogens is 2. The summed E-state index contributed by atoms with van der Waals surface area (Å²) in [5.74, 6) is -0.0887. The first-order chi connectivity index (χ1) is 7.65. The van der Waals surface area contributed by atoms with Crippen LogP contribution in [0.5, 0.6) is 0 Å². The molecule has 4 heteroatoms. The van der Waals surface area contributed by atoms with E-state index in [2.05, 4.69) is 28.2 Å². The SMILES string of the molecule is CCCC(Cl)CNC(=O)c1ccccc1Br. The standard InChI is InChI=1S/C12H15BrClNO/c1-2-5-9(14)8-15-12(16)10-6-3-4-7-11(10)13/h3-4,6-7,9H,2,5,8H2,1H3,(H,15,16). The van der Waals surface area contributed by atoms with Gasteiger partial charge in [0.15, 0.2) is 0 Å². The van der Waals surface area contributed by atoms with Gasteiger partial charge in [-0.1, -0.05) is 25.5 Å². The van der Waals surface area contributed by atoms with Crippen molar-refractivity contribution in [2.75, 3.05) is 6.54 Å². The van der Waals surface area contributed by atoms with E-state index in [1.807, 2.05) is 18.2 Å². The number of benzene rings is 1. The summed E-state index contributed by atoms with van der Waals surface area (Å²) in [5.41, 5.74) is 0.642. The maximum Gasteiger partial charge on any atom is 0.252 e. The molecule has 0 fully saturated rings. The van der Waals surface area contributed by atoms with Gasteiger partial charge >= 0.3 is 0 Å². The van der Waals surface area contributed by atoms with E-state index < -0.39 is 0 Å². The second-order valence-corrected chi connectivity index (χ2v) is 5.05. The molecule has 0 radical (unpaired) electrons. The highest BCUT2D eigenvalue weighted by Crippen LogP contribution is 2.15. The molecule has 0 bridgehead atoms. The molecule has 1 amide bonds. The summed E-state index contributed by atoms with van der Waals surface area (Å²) < 4.78 is 0.800. The zero-order chi connectivity index (χ0) is 12.0. The van der Waals surface area contributed by atoms with Crippen molar-refractivity contribution in [2.24, 2.45) is 0 Å². The topological polar surface area (TPSA) is 29.1 Å². The summed E-state index contributed by atoms with van der Waals surface area (Å²) >= 11 is 9.37. The van der Waals surface area contributed by atoms with Crippen molar-refractivity contribution < 1.29 is 4.79 Å². The van der Waals surface area contributed by atoms with Crippen molar-refractivity contribution in [3.8, 4) is 0 Å². The number of hydrogen-bond acceptors (Lipinski definition) is 1. The highest BCUT2D eigenvalue weighted by Gasteiger charge is 2.10. The van der Waals surface area contributed by atoms with E-state index in [0.717, 1.165) is 17.3 Å². The smallest absolute Gasteiger partial charge is 0.252 e. The fourth-order valence-corrected chi connectivity index (χ4v) is 2.12. The fourth-order valence-electron chi connectivity index (χ4n) is 1.36. The van der Waals surface area contributed by atoms with Crippen LogP contribution in [0.3, 0.4) is 0 Å². The van der Waals surface area contributed by atoms with Gasteiger partial charge in [-0.3, -0.25) is 4.79 Å². The number of hydrogen-bond donors (Lipinski definition) is 1. The lowest BCUT2D eigenvalue weighted by Crippen LogP contribution is -2.29. The van der Waals surface area contributed by atoms with Gasteiger partial charge in [0.05, 0.1) is 10.9 Å². The largest absolute Gasteiger partial charge is 0.351 e. The Labute approximate surface area is 110 Å². The van der Waals surface area contributed by atoms with Crippen LogP contribution in [0.25, 0.3) is 0 Å². The summed E-state index contributed by atoms with van der Waals surface area (Å²) in [5, 5.41) is 2.83. The average Bonchev–Trinajstić information content (AvgIpc) is 2.27. The van der Waals surface area contributed by atoms with Crippen LogP contribution in [-0.4, -0.2) is 17.8 Å². The van der Waals surface area contributed by atoms with Crippen LogP contribution in [0.1, 0.15) is 30.1 Å². The van der Waals surface area contributed by atoms with Crippen molar-refractivity contribution in [2.45, 2.75) is 25.1 Å². The second kappa shape index (κ2) is 6.92. The molecule has 0 saturated carbocycles. The first-order valence-electron chi connectivity index (χ1n) is 5.32. The van der Waals surface area contributed by atoms with Crippen LogP contribution < -0.4 is 5.32 Å². The molecule has 1 aromatic carbocycles. The molecule has 1 rings (SSSR count). The molecule has 0 spiro atoms. The van der Waals surface area contributed by atoms with Gasteiger partial charge in [0, 0.05) is 11.0 Å². The van der Waals surface area contributed by atoms with Crippen molar-refractivity contribution in [1.29, 1.82) is 0 Å². The molecule has 0 aliphatic carbocycles. The monoisotopic (exact) mass is 303 g/mol. The van der Waals surface area contributed by atoms with E-state index in [0.29, 0.717) is 12.1 Å². The molecular weight excluding hydrogens is 289 g/mol. The van der Waals surface area contributed by atoms with E-state index in [1.165, 1.54) is 0 Å². The summed E-state index contributed by atoms with van der Waals surface area (Å²) in [6.45, 7) is 2.58. The molecule has 1 aromatic rings. The van der Waals surface area contributed by atoms with Crippen LogP contribution in [0, 0.1) is 0 Å². The van der Waals surface area contributed by atoms with E-state index in [4.69, 9.17) is 11.6 Å². The zero-order valence-corrected chi connectivity index (χ0v) is 11.5. The lowest BCUT2D eigenvalue weighted by atomic mass is 10.2. The molecule has 2 nitrogen and oxygen atoms in total. The van der Waals surface area contributed by atoms with Crippen molar-refractivity contribution in [3.05, 3.63) is 34.3 Å². The number of nitrogens with one attached hydrogen (secondary N) is 1. The molecule has 0 aliphatic heterocycles. The van der Waals surface area contributed by atoms with Gasteiger partial charge < -0.3 is 5.32 Å². The maximum atomic E-state index is 11.8. The Bertz CT molecular complexity index is 357. The minimum absolute atomic E-state index is 0.0106. The number of carbonyl (C=O) groups excluding carboxylic acids is 1. The molecule has 16 heavy (non-hydrogen) atoms. The van der Waals surface area contributed by atoms with Crippen molar-refractivity contribution in [3.63, 3.8) is 0 Å². The lowest BCUT2D eigenvalue weighted by Gasteiger charge is -2.10. The summed E-state index contributed by atoms with van der Waals surface area (Å²) in [6.07, 6.45) is 1.94. The van der Waals surface area contributed by atoms with Gasteiger partial charge in [0.1, 0.15) is 0 Å². The molecule has 1 atom stereocenters. The molecule has 0 heterocycles. The predicted octanol–water partition coefficient (Wildman–Crippen LogP) is 3.59. The van der Waals surface area contributed by atoms with Gasteiger partial charge in [-0.2, -0.15) is 0 Å². The van der Waals surface area contributed by atoms with Crippen LogP contribution in [0.2, 0.25) is 0 Å². The van der Waals surface area contributed by atoms with E-state index in [-0.39, 0.29) is 11.3 Å². The van der Waals surface area contributed by atoms with E-state index in [9.17, 15) is 4.79 Å². The zero-order valence-electron chi connectivity index (χ0n) is 9.17. The molecule has 88 valence electrons. The van der Waals surface area contributed by atoms with Crippen LogP contribution in [0.4, 0.5) is 0 Å². The quantitative estimate of drug-likeness (QED) is 0.828. The minimum Gasteiger partial charge on any atom is -0.351 e. The second-order valence-electron chi connectivity index (χ2n) is 3.58. The normalized spacial score (nSPS) is 12.2. The number of rotatable bonds is 5. The Morgan fingerprint density at radius 3 is 2.81 bits per heavy atom. The molecule has 1 unspecified atom stereocenters. The molecule has 0 saturated heterocycles. The summed E-state index contributed by atoms with van der Waals surface area (Å²) in [7, 11) is 0. The first-order valence-corrected chi connectivity index (χ1v) is 6.55. The lowest BCUT2D eigenvalue weighted by molar-refractivity contribution is 0.0952. The maximum absolute atomic E-state index is 11.8. The molecular formula is C12H15BrClNO. The third-order valence-corrected chi connectivity index (χ3v) is 3.27. The Morgan fingerprint density at radius 2 is 2.19 bits per heavy atom. The highest BCUT2D eigenvalue weighted by molar-refractivity contribution is 9.10.